The molecule has 0 bridgehead atoms. The Morgan fingerprint density at radius 3 is 2.37 bits per heavy atom. The van der Waals surface area contributed by atoms with Gasteiger partial charge in [-0.25, -0.2) is 4.39 Å². The highest BCUT2D eigenvalue weighted by atomic mass is 19.1. The maximum atomic E-state index is 13.9. The third-order valence-corrected chi connectivity index (χ3v) is 3.24. The molecule has 0 aliphatic heterocycles. The van der Waals surface area contributed by atoms with Gasteiger partial charge in [-0.05, 0) is 25.1 Å². The lowest BCUT2D eigenvalue weighted by atomic mass is 10.0. The van der Waals surface area contributed by atoms with E-state index < -0.39 is 0 Å². The van der Waals surface area contributed by atoms with Crippen molar-refractivity contribution in [3.05, 3.63) is 35.6 Å². The lowest BCUT2D eigenvalue weighted by Gasteiger charge is -2.28. The predicted octanol–water partition coefficient (Wildman–Crippen LogP) is 3.45. The van der Waals surface area contributed by atoms with Crippen LogP contribution in [0, 0.1) is 11.7 Å². The molecule has 1 N–H and O–H groups in total. The van der Waals surface area contributed by atoms with E-state index in [1.54, 1.807) is 12.1 Å². The number of hydrogen-bond acceptors (Lipinski definition) is 2. The summed E-state index contributed by atoms with van der Waals surface area (Å²) in [5.74, 6) is 0.511. The number of nitrogens with one attached hydrogen (secondary N) is 1. The van der Waals surface area contributed by atoms with Crippen LogP contribution in [0.25, 0.3) is 0 Å². The first kappa shape index (κ1) is 16.1. The highest BCUT2D eigenvalue weighted by Crippen LogP contribution is 2.18. The van der Waals surface area contributed by atoms with Crippen molar-refractivity contribution in [2.24, 2.45) is 5.92 Å². The zero-order valence-corrected chi connectivity index (χ0v) is 12.6. The van der Waals surface area contributed by atoms with Crippen LogP contribution in [0.2, 0.25) is 0 Å². The van der Waals surface area contributed by atoms with Gasteiger partial charge in [0.25, 0.3) is 0 Å². The predicted molar refractivity (Wildman–Crippen MR) is 79.8 cm³/mol. The SMILES string of the molecule is CCNC(CN(CC)CC(C)C)c1ccccc1F. The number of benzene rings is 1. The van der Waals surface area contributed by atoms with Crippen LogP contribution >= 0.6 is 0 Å². The quantitative estimate of drug-likeness (QED) is 0.775. The van der Waals surface area contributed by atoms with Crippen LogP contribution in [-0.4, -0.2) is 31.1 Å². The van der Waals surface area contributed by atoms with E-state index in [0.717, 1.165) is 31.7 Å². The first-order chi connectivity index (χ1) is 9.08. The van der Waals surface area contributed by atoms with Gasteiger partial charge in [-0.2, -0.15) is 0 Å². The fourth-order valence-corrected chi connectivity index (χ4v) is 2.38. The molecule has 0 heterocycles. The van der Waals surface area contributed by atoms with Crippen molar-refractivity contribution in [2.45, 2.75) is 33.7 Å². The van der Waals surface area contributed by atoms with E-state index in [4.69, 9.17) is 0 Å². The van der Waals surface area contributed by atoms with E-state index in [-0.39, 0.29) is 11.9 Å². The molecule has 3 heteroatoms. The van der Waals surface area contributed by atoms with Crippen molar-refractivity contribution < 1.29 is 4.39 Å². The summed E-state index contributed by atoms with van der Waals surface area (Å²) >= 11 is 0. The number of halogens is 1. The van der Waals surface area contributed by atoms with Crippen molar-refractivity contribution in [3.63, 3.8) is 0 Å². The van der Waals surface area contributed by atoms with E-state index in [2.05, 4.69) is 37.9 Å². The summed E-state index contributed by atoms with van der Waals surface area (Å²) in [6, 6.07) is 7.13. The number of likely N-dealkylation sites (N-methyl/N-ethyl adjacent to an activating group) is 2. The van der Waals surface area contributed by atoms with Crippen LogP contribution < -0.4 is 5.32 Å². The van der Waals surface area contributed by atoms with E-state index in [0.29, 0.717) is 5.92 Å². The Morgan fingerprint density at radius 1 is 1.16 bits per heavy atom. The molecule has 0 aliphatic rings. The lowest BCUT2D eigenvalue weighted by molar-refractivity contribution is 0.228. The summed E-state index contributed by atoms with van der Waals surface area (Å²) in [6.07, 6.45) is 0. The van der Waals surface area contributed by atoms with Gasteiger partial charge in [-0.1, -0.05) is 45.9 Å². The molecule has 1 rings (SSSR count). The minimum atomic E-state index is -0.117. The normalized spacial score (nSPS) is 13.2. The molecule has 1 aromatic carbocycles. The van der Waals surface area contributed by atoms with Gasteiger partial charge in [0, 0.05) is 24.7 Å². The molecule has 0 radical (unpaired) electrons. The Kier molecular flexibility index (Phi) is 7.03. The monoisotopic (exact) mass is 266 g/mol. The highest BCUT2D eigenvalue weighted by Gasteiger charge is 2.17. The van der Waals surface area contributed by atoms with Crippen LogP contribution in [0.1, 0.15) is 39.3 Å². The highest BCUT2D eigenvalue weighted by molar-refractivity contribution is 5.21. The summed E-state index contributed by atoms with van der Waals surface area (Å²) in [6.45, 7) is 12.4. The smallest absolute Gasteiger partial charge is 0.128 e. The standard InChI is InChI=1S/C16H27FN2/c1-5-18-16(12-19(6-2)11-13(3)4)14-9-7-8-10-15(14)17/h7-10,13,16,18H,5-6,11-12H2,1-4H3. The van der Waals surface area contributed by atoms with Crippen LogP contribution in [0.4, 0.5) is 4.39 Å². The second-order valence-corrected chi connectivity index (χ2v) is 5.38. The first-order valence-corrected chi connectivity index (χ1v) is 7.28. The number of hydrogen-bond donors (Lipinski definition) is 1. The van der Waals surface area contributed by atoms with Crippen LogP contribution in [0.3, 0.4) is 0 Å². The third-order valence-electron chi connectivity index (χ3n) is 3.24. The molecule has 0 aliphatic carbocycles. The Labute approximate surface area is 117 Å². The summed E-state index contributed by atoms with van der Waals surface area (Å²) in [7, 11) is 0. The van der Waals surface area contributed by atoms with E-state index >= 15 is 0 Å². The average molecular weight is 266 g/mol. The molecule has 2 nitrogen and oxygen atoms in total. The average Bonchev–Trinajstić information content (AvgIpc) is 2.37. The third kappa shape index (κ3) is 5.29. The molecule has 0 fully saturated rings. The zero-order valence-electron chi connectivity index (χ0n) is 12.6. The molecule has 0 spiro atoms. The molecule has 1 atom stereocenters. The topological polar surface area (TPSA) is 15.3 Å². The summed E-state index contributed by atoms with van der Waals surface area (Å²) in [5, 5.41) is 3.40. The molecule has 1 aromatic rings. The van der Waals surface area contributed by atoms with Gasteiger partial charge in [0.05, 0.1) is 0 Å². The first-order valence-electron chi connectivity index (χ1n) is 7.28. The number of rotatable bonds is 8. The molecule has 19 heavy (non-hydrogen) atoms. The van der Waals surface area contributed by atoms with Gasteiger partial charge in [0.2, 0.25) is 0 Å². The summed E-state index contributed by atoms with van der Waals surface area (Å²) in [4.78, 5) is 2.38. The van der Waals surface area contributed by atoms with Crippen molar-refractivity contribution in [1.82, 2.24) is 10.2 Å². The van der Waals surface area contributed by atoms with Gasteiger partial charge in [-0.15, -0.1) is 0 Å². The maximum absolute atomic E-state index is 13.9. The second kappa shape index (κ2) is 8.28. The second-order valence-electron chi connectivity index (χ2n) is 5.38. The van der Waals surface area contributed by atoms with Crippen LogP contribution in [0.15, 0.2) is 24.3 Å². The van der Waals surface area contributed by atoms with Gasteiger partial charge >= 0.3 is 0 Å². The molecule has 0 saturated heterocycles. The summed E-state index contributed by atoms with van der Waals surface area (Å²) in [5.41, 5.74) is 0.770. The van der Waals surface area contributed by atoms with Crippen LogP contribution in [-0.2, 0) is 0 Å². The van der Waals surface area contributed by atoms with Crippen molar-refractivity contribution >= 4 is 0 Å². The minimum absolute atomic E-state index is 0.0601. The zero-order chi connectivity index (χ0) is 14.3. The Balaban J connectivity index is 2.80. The van der Waals surface area contributed by atoms with Gasteiger partial charge < -0.3 is 10.2 Å². The minimum Gasteiger partial charge on any atom is -0.309 e. The molecule has 1 unspecified atom stereocenters. The van der Waals surface area contributed by atoms with E-state index in [9.17, 15) is 4.39 Å². The Bertz CT molecular complexity index is 366. The molecular formula is C16H27FN2. The van der Waals surface area contributed by atoms with Gasteiger partial charge in [-0.3, -0.25) is 0 Å². The van der Waals surface area contributed by atoms with Crippen molar-refractivity contribution in [1.29, 1.82) is 0 Å². The van der Waals surface area contributed by atoms with Crippen LogP contribution in [0.5, 0.6) is 0 Å². The number of nitrogens with zero attached hydrogens (tertiary/aromatic N) is 1. The lowest BCUT2D eigenvalue weighted by Crippen LogP contribution is -2.37. The van der Waals surface area contributed by atoms with Gasteiger partial charge in [0.15, 0.2) is 0 Å². The molecule has 0 saturated carbocycles. The fourth-order valence-electron chi connectivity index (χ4n) is 2.38. The molecular weight excluding hydrogens is 239 g/mol. The molecule has 0 amide bonds. The maximum Gasteiger partial charge on any atom is 0.128 e. The van der Waals surface area contributed by atoms with E-state index in [1.165, 1.54) is 0 Å². The van der Waals surface area contributed by atoms with E-state index in [1.807, 2.05) is 12.1 Å². The van der Waals surface area contributed by atoms with Gasteiger partial charge in [0.1, 0.15) is 5.82 Å². The largest absolute Gasteiger partial charge is 0.309 e. The fraction of sp³-hybridized carbons (Fsp3) is 0.625. The molecule has 108 valence electrons. The van der Waals surface area contributed by atoms with Crippen molar-refractivity contribution in [2.75, 3.05) is 26.2 Å². The Hall–Kier alpha value is -0.930. The Morgan fingerprint density at radius 2 is 1.84 bits per heavy atom. The van der Waals surface area contributed by atoms with Crippen molar-refractivity contribution in [3.8, 4) is 0 Å². The molecule has 0 aromatic heterocycles. The summed E-state index contributed by atoms with van der Waals surface area (Å²) < 4.78 is 13.9.